The monoisotopic (exact) mass is 490 g/mol. The molecule has 35 heavy (non-hydrogen) atoms. The van der Waals surface area contributed by atoms with E-state index in [0.717, 1.165) is 17.5 Å². The van der Waals surface area contributed by atoms with Gasteiger partial charge in [-0.1, -0.05) is 48.0 Å². The Morgan fingerprint density at radius 2 is 1.71 bits per heavy atom. The summed E-state index contributed by atoms with van der Waals surface area (Å²) in [5, 5.41) is 0. The number of ketones is 1. The van der Waals surface area contributed by atoms with Crippen molar-refractivity contribution in [2.45, 2.75) is 37.2 Å². The average Bonchev–Trinajstić information content (AvgIpc) is 3.44. The van der Waals surface area contributed by atoms with Crippen LogP contribution in [0.15, 0.2) is 77.7 Å². The highest BCUT2D eigenvalue weighted by Crippen LogP contribution is 2.34. The summed E-state index contributed by atoms with van der Waals surface area (Å²) < 4.78 is 34.3. The molecule has 0 saturated carbocycles. The van der Waals surface area contributed by atoms with E-state index in [0.29, 0.717) is 24.4 Å². The predicted molar refractivity (Wildman–Crippen MR) is 132 cm³/mol. The number of Topliss-reactive ketones (excluding diaryl/α,β-unsaturated/α-hetero) is 1. The minimum absolute atomic E-state index is 0.0150. The van der Waals surface area contributed by atoms with Crippen LogP contribution < -0.4 is 9.64 Å². The lowest BCUT2D eigenvalue weighted by atomic mass is 10.1. The molecule has 0 aliphatic carbocycles. The van der Waals surface area contributed by atoms with Gasteiger partial charge in [0.25, 0.3) is 11.7 Å². The smallest absolute Gasteiger partial charge is 0.299 e. The van der Waals surface area contributed by atoms with Crippen molar-refractivity contribution in [3.8, 4) is 5.75 Å². The summed E-state index contributed by atoms with van der Waals surface area (Å²) in [6, 6.07) is 21.1. The number of sulfonamides is 1. The molecule has 3 aromatic carbocycles. The van der Waals surface area contributed by atoms with Gasteiger partial charge in [0.15, 0.2) is 0 Å². The summed E-state index contributed by atoms with van der Waals surface area (Å²) >= 11 is 0. The van der Waals surface area contributed by atoms with E-state index in [1.807, 2.05) is 61.5 Å². The molecular formula is C27H26N2O5S. The van der Waals surface area contributed by atoms with Gasteiger partial charge in [-0.15, -0.1) is 0 Å². The number of para-hydroxylation sites is 1. The minimum Gasteiger partial charge on any atom is -0.492 e. The van der Waals surface area contributed by atoms with Crippen LogP contribution in [0.25, 0.3) is 0 Å². The minimum atomic E-state index is -3.86. The molecule has 180 valence electrons. The second-order valence-electron chi connectivity index (χ2n) is 8.92. The molecule has 1 atom stereocenters. The van der Waals surface area contributed by atoms with Crippen LogP contribution in [0.2, 0.25) is 0 Å². The Bertz CT molecular complexity index is 1370. The van der Waals surface area contributed by atoms with Crippen LogP contribution in [-0.2, 0) is 21.4 Å². The van der Waals surface area contributed by atoms with E-state index < -0.39 is 21.7 Å². The van der Waals surface area contributed by atoms with Gasteiger partial charge in [-0.2, -0.15) is 4.31 Å². The first-order valence-electron chi connectivity index (χ1n) is 11.6. The van der Waals surface area contributed by atoms with Crippen LogP contribution >= 0.6 is 0 Å². The largest absolute Gasteiger partial charge is 0.492 e. The highest BCUT2D eigenvalue weighted by Gasteiger charge is 2.40. The number of ether oxygens (including phenoxy) is 1. The highest BCUT2D eigenvalue weighted by atomic mass is 32.2. The zero-order valence-electron chi connectivity index (χ0n) is 19.4. The maximum absolute atomic E-state index is 13.5. The quantitative estimate of drug-likeness (QED) is 0.468. The molecule has 0 spiro atoms. The Kier molecular flexibility index (Phi) is 6.17. The van der Waals surface area contributed by atoms with Crippen molar-refractivity contribution < 1.29 is 22.7 Å². The van der Waals surface area contributed by atoms with E-state index >= 15 is 0 Å². The van der Waals surface area contributed by atoms with Gasteiger partial charge in [0.2, 0.25) is 10.0 Å². The van der Waals surface area contributed by atoms with E-state index in [9.17, 15) is 18.0 Å². The molecule has 1 amide bonds. The van der Waals surface area contributed by atoms with Gasteiger partial charge in [0, 0.05) is 6.54 Å². The van der Waals surface area contributed by atoms with Crippen molar-refractivity contribution in [2.24, 2.45) is 0 Å². The van der Waals surface area contributed by atoms with Gasteiger partial charge in [-0.05, 0) is 55.7 Å². The molecular weight excluding hydrogens is 464 g/mol. The molecule has 1 unspecified atom stereocenters. The lowest BCUT2D eigenvalue weighted by Gasteiger charge is -2.24. The van der Waals surface area contributed by atoms with E-state index in [4.69, 9.17) is 4.74 Å². The number of aryl methyl sites for hydroxylation is 1. The number of nitrogens with zero attached hydrogens (tertiary/aromatic N) is 2. The summed E-state index contributed by atoms with van der Waals surface area (Å²) in [5.41, 5.74) is 2.55. The third-order valence-corrected chi connectivity index (χ3v) is 8.47. The van der Waals surface area contributed by atoms with Crippen molar-refractivity contribution in [1.82, 2.24) is 4.31 Å². The van der Waals surface area contributed by atoms with E-state index in [-0.39, 0.29) is 29.7 Å². The zero-order valence-corrected chi connectivity index (χ0v) is 20.2. The molecule has 8 heteroatoms. The van der Waals surface area contributed by atoms with Gasteiger partial charge >= 0.3 is 0 Å². The molecule has 1 saturated heterocycles. The SMILES string of the molecule is Cc1ccc(CN2C(=O)C(=O)c3cc(S(=O)(=O)N4CCCC4COc4ccccc4)ccc32)cc1. The lowest BCUT2D eigenvalue weighted by Crippen LogP contribution is -2.39. The van der Waals surface area contributed by atoms with Crippen molar-refractivity contribution in [3.63, 3.8) is 0 Å². The summed E-state index contributed by atoms with van der Waals surface area (Å²) in [7, 11) is -3.86. The van der Waals surface area contributed by atoms with Crippen molar-refractivity contribution in [1.29, 1.82) is 0 Å². The lowest BCUT2D eigenvalue weighted by molar-refractivity contribution is -0.114. The van der Waals surface area contributed by atoms with Crippen LogP contribution in [0.3, 0.4) is 0 Å². The number of fused-ring (bicyclic) bond motifs is 1. The number of hydrogen-bond acceptors (Lipinski definition) is 5. The molecule has 0 N–H and O–H groups in total. The molecule has 2 heterocycles. The van der Waals surface area contributed by atoms with E-state index in [2.05, 4.69) is 0 Å². The number of carbonyl (C=O) groups is 2. The second kappa shape index (κ2) is 9.28. The summed E-state index contributed by atoms with van der Waals surface area (Å²) in [4.78, 5) is 26.9. The Balaban J connectivity index is 1.38. The zero-order chi connectivity index (χ0) is 24.6. The maximum atomic E-state index is 13.5. The molecule has 7 nitrogen and oxygen atoms in total. The molecule has 0 bridgehead atoms. The molecule has 5 rings (SSSR count). The number of rotatable bonds is 7. The highest BCUT2D eigenvalue weighted by molar-refractivity contribution is 7.89. The number of benzene rings is 3. The van der Waals surface area contributed by atoms with Gasteiger partial charge in [-0.3, -0.25) is 9.59 Å². The molecule has 2 aliphatic rings. The number of amides is 1. The van der Waals surface area contributed by atoms with E-state index in [1.165, 1.54) is 21.3 Å². The first-order valence-corrected chi connectivity index (χ1v) is 13.0. The topological polar surface area (TPSA) is 84.0 Å². The van der Waals surface area contributed by atoms with Gasteiger partial charge < -0.3 is 9.64 Å². The average molecular weight is 491 g/mol. The molecule has 0 radical (unpaired) electrons. The molecule has 2 aliphatic heterocycles. The third kappa shape index (κ3) is 4.47. The molecule has 0 aromatic heterocycles. The van der Waals surface area contributed by atoms with Crippen molar-refractivity contribution >= 4 is 27.4 Å². The van der Waals surface area contributed by atoms with Crippen LogP contribution in [0.4, 0.5) is 5.69 Å². The Morgan fingerprint density at radius 1 is 0.971 bits per heavy atom. The fraction of sp³-hybridized carbons (Fsp3) is 0.259. The molecule has 3 aromatic rings. The third-order valence-electron chi connectivity index (χ3n) is 6.52. The van der Waals surface area contributed by atoms with Crippen molar-refractivity contribution in [3.05, 3.63) is 89.5 Å². The Labute approximate surface area is 205 Å². The summed E-state index contributed by atoms with van der Waals surface area (Å²) in [6.45, 7) is 2.85. The first kappa shape index (κ1) is 23.3. The number of carbonyl (C=O) groups excluding carboxylic acids is 2. The standard InChI is InChI=1S/C27H26N2O5S/c1-19-9-11-20(12-10-19)17-28-25-14-13-23(16-24(25)26(30)27(28)31)35(32,33)29-15-5-6-21(29)18-34-22-7-3-2-4-8-22/h2-4,7-14,16,21H,5-6,15,17-18H2,1H3. The summed E-state index contributed by atoms with van der Waals surface area (Å²) in [6.07, 6.45) is 1.42. The van der Waals surface area contributed by atoms with Crippen LogP contribution in [0.5, 0.6) is 5.75 Å². The normalized spacial score (nSPS) is 18.2. The second-order valence-corrected chi connectivity index (χ2v) is 10.8. The number of anilines is 1. The predicted octanol–water partition coefficient (Wildman–Crippen LogP) is 3.96. The fourth-order valence-electron chi connectivity index (χ4n) is 4.61. The fourth-order valence-corrected chi connectivity index (χ4v) is 6.32. The van der Waals surface area contributed by atoms with Gasteiger partial charge in [0.1, 0.15) is 12.4 Å². The number of hydrogen-bond donors (Lipinski definition) is 0. The Morgan fingerprint density at radius 3 is 2.46 bits per heavy atom. The van der Waals surface area contributed by atoms with E-state index in [1.54, 1.807) is 6.07 Å². The van der Waals surface area contributed by atoms with Crippen LogP contribution in [0, 0.1) is 6.92 Å². The van der Waals surface area contributed by atoms with Gasteiger partial charge in [-0.25, -0.2) is 8.42 Å². The molecule has 1 fully saturated rings. The van der Waals surface area contributed by atoms with Crippen LogP contribution in [0.1, 0.15) is 34.3 Å². The first-order chi connectivity index (χ1) is 16.8. The van der Waals surface area contributed by atoms with Gasteiger partial charge in [0.05, 0.1) is 28.7 Å². The Hall–Kier alpha value is -3.49. The summed E-state index contributed by atoms with van der Waals surface area (Å²) in [5.74, 6) is -0.646. The van der Waals surface area contributed by atoms with Crippen LogP contribution in [-0.4, -0.2) is 43.6 Å². The van der Waals surface area contributed by atoms with Crippen molar-refractivity contribution in [2.75, 3.05) is 18.1 Å². The maximum Gasteiger partial charge on any atom is 0.299 e.